The lowest BCUT2D eigenvalue weighted by atomic mass is 10.0. The quantitative estimate of drug-likeness (QED) is 0.776. The SMILES string of the molecule is Cn1cc(NC(c2ccccc2)c2ccco2)cn1. The zero-order chi connectivity index (χ0) is 13.1. The van der Waals surface area contributed by atoms with Gasteiger partial charge in [-0.15, -0.1) is 0 Å². The van der Waals surface area contributed by atoms with Crippen molar-refractivity contribution in [3.8, 4) is 0 Å². The van der Waals surface area contributed by atoms with Crippen molar-refractivity contribution in [3.63, 3.8) is 0 Å². The van der Waals surface area contributed by atoms with Crippen LogP contribution < -0.4 is 5.32 Å². The molecule has 3 rings (SSSR count). The molecule has 0 amide bonds. The number of anilines is 1. The summed E-state index contributed by atoms with van der Waals surface area (Å²) in [5, 5.41) is 7.61. The van der Waals surface area contributed by atoms with Gasteiger partial charge in [0, 0.05) is 13.2 Å². The fraction of sp³-hybridized carbons (Fsp3) is 0.133. The molecule has 0 aliphatic rings. The van der Waals surface area contributed by atoms with E-state index < -0.39 is 0 Å². The van der Waals surface area contributed by atoms with Crippen molar-refractivity contribution in [2.24, 2.45) is 7.05 Å². The molecule has 2 heterocycles. The molecule has 0 spiro atoms. The van der Waals surface area contributed by atoms with Crippen molar-refractivity contribution in [2.45, 2.75) is 6.04 Å². The van der Waals surface area contributed by atoms with Crippen LogP contribution in [0.15, 0.2) is 65.5 Å². The standard InChI is InChI=1S/C15H15N3O/c1-18-11-13(10-16-18)17-15(14-8-5-9-19-14)12-6-3-2-4-7-12/h2-11,15,17H,1H3. The van der Waals surface area contributed by atoms with E-state index in [0.29, 0.717) is 0 Å². The van der Waals surface area contributed by atoms with Gasteiger partial charge in [-0.1, -0.05) is 30.3 Å². The Morgan fingerprint density at radius 3 is 2.63 bits per heavy atom. The molecule has 0 aliphatic heterocycles. The van der Waals surface area contributed by atoms with Crippen LogP contribution in [0.5, 0.6) is 0 Å². The van der Waals surface area contributed by atoms with Gasteiger partial charge < -0.3 is 9.73 Å². The van der Waals surface area contributed by atoms with Gasteiger partial charge >= 0.3 is 0 Å². The minimum atomic E-state index is -0.0135. The zero-order valence-corrected chi connectivity index (χ0v) is 10.7. The molecule has 19 heavy (non-hydrogen) atoms. The Morgan fingerprint density at radius 2 is 2.00 bits per heavy atom. The minimum Gasteiger partial charge on any atom is -0.467 e. The second kappa shape index (κ2) is 5.02. The fourth-order valence-corrected chi connectivity index (χ4v) is 2.08. The van der Waals surface area contributed by atoms with Gasteiger partial charge in [-0.2, -0.15) is 5.10 Å². The maximum absolute atomic E-state index is 5.54. The third-order valence-corrected chi connectivity index (χ3v) is 2.98. The number of hydrogen-bond donors (Lipinski definition) is 1. The Balaban J connectivity index is 1.93. The van der Waals surface area contributed by atoms with Gasteiger partial charge in [0.25, 0.3) is 0 Å². The first-order valence-electron chi connectivity index (χ1n) is 6.16. The van der Waals surface area contributed by atoms with Gasteiger partial charge in [0.05, 0.1) is 18.1 Å². The average molecular weight is 253 g/mol. The summed E-state index contributed by atoms with van der Waals surface area (Å²) < 4.78 is 7.31. The second-order valence-corrected chi connectivity index (χ2v) is 4.41. The number of benzene rings is 1. The van der Waals surface area contributed by atoms with E-state index >= 15 is 0 Å². The normalized spacial score (nSPS) is 12.3. The summed E-state index contributed by atoms with van der Waals surface area (Å²) in [5.41, 5.74) is 2.12. The van der Waals surface area contributed by atoms with E-state index in [1.54, 1.807) is 17.1 Å². The van der Waals surface area contributed by atoms with Gasteiger partial charge in [-0.25, -0.2) is 0 Å². The summed E-state index contributed by atoms with van der Waals surface area (Å²) in [5.74, 6) is 0.884. The first-order chi connectivity index (χ1) is 9.33. The molecule has 1 atom stereocenters. The molecule has 0 fully saturated rings. The topological polar surface area (TPSA) is 43.0 Å². The van der Waals surface area contributed by atoms with Crippen molar-refractivity contribution in [2.75, 3.05) is 5.32 Å². The first kappa shape index (κ1) is 11.6. The molecule has 4 heteroatoms. The highest BCUT2D eigenvalue weighted by molar-refractivity contribution is 5.44. The van der Waals surface area contributed by atoms with Crippen LogP contribution in [0.3, 0.4) is 0 Å². The number of aryl methyl sites for hydroxylation is 1. The molecular formula is C15H15N3O. The highest BCUT2D eigenvalue weighted by Crippen LogP contribution is 2.26. The van der Waals surface area contributed by atoms with Crippen LogP contribution in [0.4, 0.5) is 5.69 Å². The molecule has 1 aromatic carbocycles. The van der Waals surface area contributed by atoms with E-state index in [9.17, 15) is 0 Å². The van der Waals surface area contributed by atoms with Crippen LogP contribution in [-0.2, 0) is 7.05 Å². The van der Waals surface area contributed by atoms with Crippen LogP contribution in [-0.4, -0.2) is 9.78 Å². The van der Waals surface area contributed by atoms with Gasteiger partial charge in [0.15, 0.2) is 0 Å². The van der Waals surface area contributed by atoms with Gasteiger partial charge in [0.2, 0.25) is 0 Å². The summed E-state index contributed by atoms with van der Waals surface area (Å²) in [4.78, 5) is 0. The number of furan rings is 1. The molecule has 3 aromatic rings. The third-order valence-electron chi connectivity index (χ3n) is 2.98. The molecule has 0 aliphatic carbocycles. The van der Waals surface area contributed by atoms with Crippen LogP contribution in [0.2, 0.25) is 0 Å². The van der Waals surface area contributed by atoms with E-state index in [2.05, 4.69) is 22.5 Å². The number of rotatable bonds is 4. The summed E-state index contributed by atoms with van der Waals surface area (Å²) in [6.45, 7) is 0. The molecule has 96 valence electrons. The largest absolute Gasteiger partial charge is 0.467 e. The van der Waals surface area contributed by atoms with E-state index in [-0.39, 0.29) is 6.04 Å². The maximum atomic E-state index is 5.54. The average Bonchev–Trinajstić information content (AvgIpc) is 3.08. The van der Waals surface area contributed by atoms with E-state index in [1.165, 1.54) is 0 Å². The predicted molar refractivity (Wildman–Crippen MR) is 73.8 cm³/mol. The Hall–Kier alpha value is -2.49. The number of nitrogens with zero attached hydrogens (tertiary/aromatic N) is 2. The molecule has 0 saturated carbocycles. The number of nitrogens with one attached hydrogen (secondary N) is 1. The number of aromatic nitrogens is 2. The van der Waals surface area contributed by atoms with Gasteiger partial charge in [0.1, 0.15) is 11.8 Å². The summed E-state index contributed by atoms with van der Waals surface area (Å²) in [7, 11) is 1.90. The van der Waals surface area contributed by atoms with Gasteiger partial charge in [-0.3, -0.25) is 4.68 Å². The minimum absolute atomic E-state index is 0.0135. The molecule has 0 bridgehead atoms. The Kier molecular flexibility index (Phi) is 3.06. The van der Waals surface area contributed by atoms with E-state index in [0.717, 1.165) is 17.0 Å². The van der Waals surface area contributed by atoms with Crippen molar-refractivity contribution < 1.29 is 4.42 Å². The predicted octanol–water partition coefficient (Wildman–Crippen LogP) is 3.21. The zero-order valence-electron chi connectivity index (χ0n) is 10.7. The first-order valence-corrected chi connectivity index (χ1v) is 6.16. The molecule has 4 nitrogen and oxygen atoms in total. The Labute approximate surface area is 111 Å². The maximum Gasteiger partial charge on any atom is 0.130 e. The molecular weight excluding hydrogens is 238 g/mol. The highest BCUT2D eigenvalue weighted by Gasteiger charge is 2.16. The summed E-state index contributed by atoms with van der Waals surface area (Å²) >= 11 is 0. The van der Waals surface area contributed by atoms with Crippen molar-refractivity contribution in [1.29, 1.82) is 0 Å². The second-order valence-electron chi connectivity index (χ2n) is 4.41. The lowest BCUT2D eigenvalue weighted by molar-refractivity contribution is 0.499. The third kappa shape index (κ3) is 2.52. The van der Waals surface area contributed by atoms with Crippen LogP contribution in [0.1, 0.15) is 17.4 Å². The van der Waals surface area contributed by atoms with E-state index in [1.807, 2.05) is 43.6 Å². The van der Waals surface area contributed by atoms with Gasteiger partial charge in [-0.05, 0) is 17.7 Å². The lowest BCUT2D eigenvalue weighted by Crippen LogP contribution is -2.11. The highest BCUT2D eigenvalue weighted by atomic mass is 16.3. The molecule has 2 aromatic heterocycles. The molecule has 1 N–H and O–H groups in total. The molecule has 0 saturated heterocycles. The Morgan fingerprint density at radius 1 is 1.16 bits per heavy atom. The van der Waals surface area contributed by atoms with Crippen LogP contribution >= 0.6 is 0 Å². The van der Waals surface area contributed by atoms with Crippen LogP contribution in [0.25, 0.3) is 0 Å². The summed E-state index contributed by atoms with van der Waals surface area (Å²) in [6.07, 6.45) is 5.44. The number of hydrogen-bond acceptors (Lipinski definition) is 3. The lowest BCUT2D eigenvalue weighted by Gasteiger charge is -2.17. The van der Waals surface area contributed by atoms with Crippen molar-refractivity contribution in [3.05, 3.63) is 72.4 Å². The molecule has 1 unspecified atom stereocenters. The van der Waals surface area contributed by atoms with E-state index in [4.69, 9.17) is 4.42 Å². The smallest absolute Gasteiger partial charge is 0.130 e. The Bertz CT molecular complexity index is 628. The van der Waals surface area contributed by atoms with Crippen LogP contribution in [0, 0.1) is 0 Å². The summed E-state index contributed by atoms with van der Waals surface area (Å²) in [6, 6.07) is 14.1. The van der Waals surface area contributed by atoms with Crippen molar-refractivity contribution >= 4 is 5.69 Å². The molecule has 0 radical (unpaired) electrons. The van der Waals surface area contributed by atoms with Crippen molar-refractivity contribution in [1.82, 2.24) is 9.78 Å². The fourth-order valence-electron chi connectivity index (χ4n) is 2.08. The monoisotopic (exact) mass is 253 g/mol.